The molecule has 2 heterocycles. The summed E-state index contributed by atoms with van der Waals surface area (Å²) in [6.45, 7) is 3.84. The molecule has 0 spiro atoms. The summed E-state index contributed by atoms with van der Waals surface area (Å²) in [7, 11) is -3.51. The molecule has 2 aromatic rings. The molecule has 2 aliphatic heterocycles. The van der Waals surface area contributed by atoms with Gasteiger partial charge in [-0.1, -0.05) is 17.7 Å². The van der Waals surface area contributed by atoms with Crippen molar-refractivity contribution in [2.24, 2.45) is 0 Å². The zero-order valence-electron chi connectivity index (χ0n) is 18.6. The van der Waals surface area contributed by atoms with Gasteiger partial charge >= 0.3 is 0 Å². The molecule has 0 atom stereocenters. The summed E-state index contributed by atoms with van der Waals surface area (Å²) in [6, 6.07) is 12.8. The van der Waals surface area contributed by atoms with Crippen LogP contribution in [0.2, 0.25) is 5.02 Å². The number of hydrogen-bond acceptors (Lipinski definition) is 6. The number of rotatable bonds is 7. The minimum atomic E-state index is -3.51. The van der Waals surface area contributed by atoms with Crippen LogP contribution in [-0.2, 0) is 14.8 Å². The van der Waals surface area contributed by atoms with E-state index in [9.17, 15) is 13.2 Å². The number of carbonyl (C=O) groups is 1. The highest BCUT2D eigenvalue weighted by Crippen LogP contribution is 2.34. The molecule has 1 fully saturated rings. The van der Waals surface area contributed by atoms with E-state index in [0.29, 0.717) is 54.9 Å². The van der Waals surface area contributed by atoms with Gasteiger partial charge in [0.05, 0.1) is 11.9 Å². The number of hydrogen-bond donors (Lipinski definition) is 0. The van der Waals surface area contributed by atoms with Gasteiger partial charge in [0.15, 0.2) is 11.5 Å². The van der Waals surface area contributed by atoms with E-state index >= 15 is 0 Å². The lowest BCUT2D eigenvalue weighted by Crippen LogP contribution is -2.48. The van der Waals surface area contributed by atoms with Crippen LogP contribution < -0.4 is 18.7 Å². The van der Waals surface area contributed by atoms with E-state index in [1.54, 1.807) is 18.2 Å². The van der Waals surface area contributed by atoms with Crippen LogP contribution in [0.5, 0.6) is 11.5 Å². The van der Waals surface area contributed by atoms with Gasteiger partial charge in [-0.25, -0.2) is 8.42 Å². The molecule has 10 heteroatoms. The molecule has 8 nitrogen and oxygen atoms in total. The minimum absolute atomic E-state index is 0.0383. The van der Waals surface area contributed by atoms with Gasteiger partial charge in [0.1, 0.15) is 13.2 Å². The maximum absolute atomic E-state index is 12.7. The molecular weight excluding hydrogens is 466 g/mol. The average Bonchev–Trinajstić information content (AvgIpc) is 2.81. The predicted octanol–water partition coefficient (Wildman–Crippen LogP) is 3.01. The van der Waals surface area contributed by atoms with Crippen molar-refractivity contribution >= 4 is 38.9 Å². The molecule has 1 saturated heterocycles. The zero-order chi connectivity index (χ0) is 23.4. The molecule has 4 rings (SSSR count). The van der Waals surface area contributed by atoms with Crippen molar-refractivity contribution in [3.8, 4) is 11.5 Å². The molecule has 0 N–H and O–H groups in total. The summed E-state index contributed by atoms with van der Waals surface area (Å²) in [5.74, 6) is 1.17. The summed E-state index contributed by atoms with van der Waals surface area (Å²) in [4.78, 5) is 16.8. The first-order chi connectivity index (χ1) is 15.8. The molecular formula is C23H28ClN3O5S. The maximum atomic E-state index is 12.7. The third-order valence-corrected chi connectivity index (χ3v) is 7.20. The second-order valence-electron chi connectivity index (χ2n) is 8.11. The van der Waals surface area contributed by atoms with Gasteiger partial charge in [0.2, 0.25) is 15.9 Å². The van der Waals surface area contributed by atoms with E-state index in [2.05, 4.69) is 4.90 Å². The molecule has 0 aliphatic carbocycles. The van der Waals surface area contributed by atoms with Crippen LogP contribution in [-0.4, -0.2) is 71.4 Å². The third-order valence-electron chi connectivity index (χ3n) is 5.77. The average molecular weight is 494 g/mol. The number of fused-ring (bicyclic) bond motifs is 1. The fraction of sp³-hybridized carbons (Fsp3) is 0.435. The van der Waals surface area contributed by atoms with Crippen LogP contribution in [0.15, 0.2) is 42.5 Å². The summed E-state index contributed by atoms with van der Waals surface area (Å²) < 4.78 is 37.2. The molecule has 0 radical (unpaired) electrons. The first kappa shape index (κ1) is 23.5. The largest absolute Gasteiger partial charge is 0.486 e. The highest BCUT2D eigenvalue weighted by molar-refractivity contribution is 7.92. The first-order valence-electron chi connectivity index (χ1n) is 11.0. The van der Waals surface area contributed by atoms with Gasteiger partial charge in [-0.15, -0.1) is 0 Å². The number of amides is 1. The van der Waals surface area contributed by atoms with Crippen LogP contribution >= 0.6 is 11.6 Å². The van der Waals surface area contributed by atoms with E-state index < -0.39 is 10.0 Å². The Balaban J connectivity index is 1.31. The standard InChI is InChI=1S/C23H28ClN3O5S/c1-33(29,30)27(20-7-8-21-22(17-20)32-15-14-31-21)9-3-6-23(28)26-12-10-25(11-13-26)19-5-2-4-18(24)16-19/h2,4-5,7-8,16-17H,3,6,9-15H2,1H3. The molecule has 0 bridgehead atoms. The van der Waals surface area contributed by atoms with Crippen molar-refractivity contribution in [1.82, 2.24) is 4.90 Å². The normalized spacial score (nSPS) is 15.9. The Labute approximate surface area is 199 Å². The van der Waals surface area contributed by atoms with Crippen LogP contribution in [0.1, 0.15) is 12.8 Å². The van der Waals surface area contributed by atoms with Crippen molar-refractivity contribution in [2.75, 3.05) is 61.4 Å². The number of nitrogens with zero attached hydrogens (tertiary/aromatic N) is 3. The SMILES string of the molecule is CS(=O)(=O)N(CCCC(=O)N1CCN(c2cccc(Cl)c2)CC1)c1ccc2c(c1)OCCO2. The maximum Gasteiger partial charge on any atom is 0.232 e. The van der Waals surface area contributed by atoms with E-state index in [1.807, 2.05) is 29.2 Å². The molecule has 0 aromatic heterocycles. The van der Waals surface area contributed by atoms with E-state index in [1.165, 1.54) is 10.6 Å². The van der Waals surface area contributed by atoms with Gasteiger partial charge in [0, 0.05) is 55.9 Å². The van der Waals surface area contributed by atoms with Gasteiger partial charge in [0.25, 0.3) is 0 Å². The molecule has 0 unspecified atom stereocenters. The Morgan fingerprint density at radius 2 is 1.76 bits per heavy atom. The Kier molecular flexibility index (Phi) is 7.19. The van der Waals surface area contributed by atoms with Gasteiger partial charge < -0.3 is 19.3 Å². The lowest BCUT2D eigenvalue weighted by atomic mass is 10.2. The van der Waals surface area contributed by atoms with E-state index in [-0.39, 0.29) is 18.9 Å². The monoisotopic (exact) mass is 493 g/mol. The summed E-state index contributed by atoms with van der Waals surface area (Å²) in [5.41, 5.74) is 1.56. The summed E-state index contributed by atoms with van der Waals surface area (Å²) >= 11 is 6.09. The molecule has 1 amide bonds. The highest BCUT2D eigenvalue weighted by Gasteiger charge is 2.24. The number of sulfonamides is 1. The van der Waals surface area contributed by atoms with Crippen LogP contribution in [0, 0.1) is 0 Å². The molecule has 178 valence electrons. The highest BCUT2D eigenvalue weighted by atomic mass is 35.5. The van der Waals surface area contributed by atoms with Crippen LogP contribution in [0.3, 0.4) is 0 Å². The Bertz CT molecular complexity index is 1100. The summed E-state index contributed by atoms with van der Waals surface area (Å²) in [5, 5.41) is 0.694. The van der Waals surface area contributed by atoms with Crippen LogP contribution in [0.25, 0.3) is 0 Å². The Hall–Kier alpha value is -2.65. The lowest BCUT2D eigenvalue weighted by Gasteiger charge is -2.36. The fourth-order valence-electron chi connectivity index (χ4n) is 4.09. The second kappa shape index (κ2) is 10.1. The smallest absolute Gasteiger partial charge is 0.232 e. The topological polar surface area (TPSA) is 79.4 Å². The van der Waals surface area contributed by atoms with Crippen molar-refractivity contribution < 1.29 is 22.7 Å². The fourth-order valence-corrected chi connectivity index (χ4v) is 5.23. The van der Waals surface area contributed by atoms with Gasteiger partial charge in [-0.2, -0.15) is 0 Å². The van der Waals surface area contributed by atoms with Gasteiger partial charge in [-0.3, -0.25) is 9.10 Å². The number of halogens is 1. The molecule has 33 heavy (non-hydrogen) atoms. The Morgan fingerprint density at radius 1 is 1.03 bits per heavy atom. The predicted molar refractivity (Wildman–Crippen MR) is 129 cm³/mol. The minimum Gasteiger partial charge on any atom is -0.486 e. The van der Waals surface area contributed by atoms with Crippen molar-refractivity contribution in [3.05, 3.63) is 47.5 Å². The van der Waals surface area contributed by atoms with Crippen molar-refractivity contribution in [1.29, 1.82) is 0 Å². The van der Waals surface area contributed by atoms with Crippen molar-refractivity contribution in [2.45, 2.75) is 12.8 Å². The molecule has 2 aromatic carbocycles. The third kappa shape index (κ3) is 5.83. The lowest BCUT2D eigenvalue weighted by molar-refractivity contribution is -0.131. The number of carbonyl (C=O) groups excluding carboxylic acids is 1. The molecule has 2 aliphatic rings. The van der Waals surface area contributed by atoms with E-state index in [0.717, 1.165) is 18.8 Å². The summed E-state index contributed by atoms with van der Waals surface area (Å²) in [6.07, 6.45) is 1.88. The number of benzene rings is 2. The Morgan fingerprint density at radius 3 is 2.45 bits per heavy atom. The zero-order valence-corrected chi connectivity index (χ0v) is 20.1. The number of ether oxygens (including phenoxy) is 2. The number of anilines is 2. The second-order valence-corrected chi connectivity index (χ2v) is 10.5. The van der Waals surface area contributed by atoms with Crippen molar-refractivity contribution in [3.63, 3.8) is 0 Å². The van der Waals surface area contributed by atoms with Crippen LogP contribution in [0.4, 0.5) is 11.4 Å². The van der Waals surface area contributed by atoms with E-state index in [4.69, 9.17) is 21.1 Å². The van der Waals surface area contributed by atoms with Gasteiger partial charge in [-0.05, 0) is 36.8 Å². The quantitative estimate of drug-likeness (QED) is 0.590. The number of piperazine rings is 1. The molecule has 0 saturated carbocycles. The first-order valence-corrected chi connectivity index (χ1v) is 13.2.